The quantitative estimate of drug-likeness (QED) is 0.817. The van der Waals surface area contributed by atoms with E-state index in [2.05, 4.69) is 41.8 Å². The van der Waals surface area contributed by atoms with Gasteiger partial charge in [0.25, 0.3) is 0 Å². The Hall–Kier alpha value is -0.390. The van der Waals surface area contributed by atoms with Crippen LogP contribution in [-0.2, 0) is 0 Å². The highest BCUT2D eigenvalue weighted by Crippen LogP contribution is 2.34. The van der Waals surface area contributed by atoms with Crippen molar-refractivity contribution in [2.45, 2.75) is 9.92 Å². The minimum absolute atomic E-state index is 0.949. The summed E-state index contributed by atoms with van der Waals surface area (Å²) >= 11 is 8.51. The van der Waals surface area contributed by atoms with E-state index >= 15 is 0 Å². The van der Waals surface area contributed by atoms with Crippen LogP contribution in [0, 0.1) is 0 Å². The zero-order valence-corrected chi connectivity index (χ0v) is 11.5. The molecule has 2 aromatic heterocycles. The van der Waals surface area contributed by atoms with Crippen LogP contribution >= 0.6 is 43.6 Å². The molecule has 2 nitrogen and oxygen atoms in total. The van der Waals surface area contributed by atoms with E-state index in [-0.39, 0.29) is 0 Å². The maximum Gasteiger partial charge on any atom is 0.115 e. The fraction of sp³-hybridized carbons (Fsp3) is 0. The monoisotopic (exact) mass is 344 g/mol. The van der Waals surface area contributed by atoms with Gasteiger partial charge in [-0.3, -0.25) is 4.98 Å². The Morgan fingerprint density at radius 1 is 1.07 bits per heavy atom. The summed E-state index contributed by atoms with van der Waals surface area (Å²) in [5.74, 6) is 0. The van der Waals surface area contributed by atoms with E-state index in [4.69, 9.17) is 0 Å². The molecule has 0 aliphatic rings. The number of hydrogen-bond donors (Lipinski definition) is 0. The first-order valence-electron chi connectivity index (χ1n) is 4.15. The van der Waals surface area contributed by atoms with Gasteiger partial charge in [0, 0.05) is 28.0 Å². The summed E-state index contributed by atoms with van der Waals surface area (Å²) in [6, 6.07) is 5.83. The number of halogens is 2. The van der Waals surface area contributed by atoms with Gasteiger partial charge < -0.3 is 0 Å². The minimum atomic E-state index is 0.949. The van der Waals surface area contributed by atoms with Crippen molar-refractivity contribution in [3.63, 3.8) is 0 Å². The summed E-state index contributed by atoms with van der Waals surface area (Å²) in [4.78, 5) is 9.41. The molecule has 0 unspecified atom stereocenters. The second-order valence-corrected chi connectivity index (χ2v) is 5.44. The standard InChI is InChI=1S/C10H6Br2N2S/c11-7-2-1-4-14-10(7)15-9-3-5-13-6-8(9)12/h1-6H. The predicted octanol–water partition coefficient (Wildman–Crippen LogP) is 4.15. The Morgan fingerprint density at radius 2 is 1.93 bits per heavy atom. The SMILES string of the molecule is Brc1cnccc1Sc1ncccc1Br. The highest BCUT2D eigenvalue weighted by Gasteiger charge is 2.05. The van der Waals surface area contributed by atoms with Gasteiger partial charge in [-0.25, -0.2) is 4.98 Å². The van der Waals surface area contributed by atoms with Crippen molar-refractivity contribution in [1.82, 2.24) is 9.97 Å². The molecule has 0 N–H and O–H groups in total. The molecule has 0 bridgehead atoms. The van der Waals surface area contributed by atoms with Gasteiger partial charge in [0.1, 0.15) is 5.03 Å². The molecule has 0 aliphatic carbocycles. The second kappa shape index (κ2) is 5.09. The molecule has 15 heavy (non-hydrogen) atoms. The molecule has 0 radical (unpaired) electrons. The first-order valence-corrected chi connectivity index (χ1v) is 6.55. The Morgan fingerprint density at radius 3 is 2.67 bits per heavy atom. The van der Waals surface area contributed by atoms with E-state index < -0.39 is 0 Å². The third-order valence-electron chi connectivity index (χ3n) is 1.67. The normalized spacial score (nSPS) is 10.3. The van der Waals surface area contributed by atoms with Crippen LogP contribution in [0.25, 0.3) is 0 Å². The Balaban J connectivity index is 2.30. The van der Waals surface area contributed by atoms with Gasteiger partial charge >= 0.3 is 0 Å². The largest absolute Gasteiger partial charge is 0.263 e. The van der Waals surface area contributed by atoms with Gasteiger partial charge in [-0.2, -0.15) is 0 Å². The van der Waals surface area contributed by atoms with Gasteiger partial charge in [0.05, 0.1) is 4.47 Å². The molecule has 0 spiro atoms. The molecule has 2 heterocycles. The highest BCUT2D eigenvalue weighted by molar-refractivity contribution is 9.11. The van der Waals surface area contributed by atoms with E-state index in [9.17, 15) is 0 Å². The summed E-state index contributed by atoms with van der Waals surface area (Å²) in [5, 5.41) is 0.949. The average Bonchev–Trinajstić information content (AvgIpc) is 2.24. The maximum atomic E-state index is 4.29. The van der Waals surface area contributed by atoms with Gasteiger partial charge in [0.15, 0.2) is 0 Å². The Labute approximate surface area is 109 Å². The summed E-state index contributed by atoms with van der Waals surface area (Å²) in [7, 11) is 0. The molecule has 0 fully saturated rings. The lowest BCUT2D eigenvalue weighted by atomic mass is 10.5. The van der Waals surface area contributed by atoms with Crippen LogP contribution in [0.15, 0.2) is 55.7 Å². The van der Waals surface area contributed by atoms with Gasteiger partial charge in [0.2, 0.25) is 0 Å². The predicted molar refractivity (Wildman–Crippen MR) is 68.0 cm³/mol. The van der Waals surface area contributed by atoms with Crippen LogP contribution in [0.3, 0.4) is 0 Å². The van der Waals surface area contributed by atoms with Crippen molar-refractivity contribution in [2.24, 2.45) is 0 Å². The number of pyridine rings is 2. The molecule has 2 aromatic rings. The van der Waals surface area contributed by atoms with E-state index in [1.807, 2.05) is 18.2 Å². The number of nitrogens with zero attached hydrogens (tertiary/aromatic N) is 2. The van der Waals surface area contributed by atoms with Crippen LogP contribution in [0.4, 0.5) is 0 Å². The summed E-state index contributed by atoms with van der Waals surface area (Å²) < 4.78 is 1.98. The number of aromatic nitrogens is 2. The lowest BCUT2D eigenvalue weighted by molar-refractivity contribution is 1.10. The third kappa shape index (κ3) is 2.80. The van der Waals surface area contributed by atoms with E-state index in [1.165, 1.54) is 0 Å². The molecule has 0 aliphatic heterocycles. The molecule has 0 amide bonds. The lowest BCUT2D eigenvalue weighted by Gasteiger charge is -2.03. The van der Waals surface area contributed by atoms with Crippen LogP contribution in [0.2, 0.25) is 0 Å². The van der Waals surface area contributed by atoms with E-state index in [0.717, 1.165) is 18.9 Å². The van der Waals surface area contributed by atoms with Crippen molar-refractivity contribution in [3.05, 3.63) is 45.7 Å². The average molecular weight is 346 g/mol. The molecule has 0 saturated heterocycles. The molecule has 2 rings (SSSR count). The molecule has 0 saturated carbocycles. The van der Waals surface area contributed by atoms with Crippen LogP contribution in [-0.4, -0.2) is 9.97 Å². The fourth-order valence-corrected chi connectivity index (χ4v) is 2.75. The van der Waals surface area contributed by atoms with E-state index in [1.54, 1.807) is 30.4 Å². The lowest BCUT2D eigenvalue weighted by Crippen LogP contribution is -1.82. The van der Waals surface area contributed by atoms with Crippen molar-refractivity contribution < 1.29 is 0 Å². The van der Waals surface area contributed by atoms with Crippen molar-refractivity contribution in [2.75, 3.05) is 0 Å². The van der Waals surface area contributed by atoms with E-state index in [0.29, 0.717) is 0 Å². The van der Waals surface area contributed by atoms with Gasteiger partial charge in [-0.15, -0.1) is 0 Å². The minimum Gasteiger partial charge on any atom is -0.263 e. The topological polar surface area (TPSA) is 25.8 Å². The van der Waals surface area contributed by atoms with Crippen molar-refractivity contribution in [3.8, 4) is 0 Å². The molecule has 0 aromatic carbocycles. The second-order valence-electron chi connectivity index (χ2n) is 2.70. The summed E-state index contributed by atoms with van der Waals surface area (Å²) in [5.41, 5.74) is 0. The molecule has 5 heteroatoms. The molecule has 76 valence electrons. The van der Waals surface area contributed by atoms with Gasteiger partial charge in [-0.1, -0.05) is 11.8 Å². The van der Waals surface area contributed by atoms with Crippen LogP contribution in [0.1, 0.15) is 0 Å². The Bertz CT molecular complexity index is 433. The fourth-order valence-electron chi connectivity index (χ4n) is 0.996. The van der Waals surface area contributed by atoms with Crippen molar-refractivity contribution >= 4 is 43.6 Å². The summed E-state index contributed by atoms with van der Waals surface area (Å²) in [6.07, 6.45) is 5.32. The zero-order valence-electron chi connectivity index (χ0n) is 7.52. The first kappa shape index (κ1) is 11.1. The zero-order chi connectivity index (χ0) is 10.7. The number of hydrogen-bond acceptors (Lipinski definition) is 3. The smallest absolute Gasteiger partial charge is 0.115 e. The Kier molecular flexibility index (Phi) is 3.77. The third-order valence-corrected chi connectivity index (χ3v) is 4.56. The molecular formula is C10H6Br2N2S. The molecular weight excluding hydrogens is 340 g/mol. The molecule has 0 atom stereocenters. The van der Waals surface area contributed by atoms with Crippen LogP contribution in [0.5, 0.6) is 0 Å². The van der Waals surface area contributed by atoms with Gasteiger partial charge in [-0.05, 0) is 50.1 Å². The van der Waals surface area contributed by atoms with Crippen molar-refractivity contribution in [1.29, 1.82) is 0 Å². The highest BCUT2D eigenvalue weighted by atomic mass is 79.9. The maximum absolute atomic E-state index is 4.29. The first-order chi connectivity index (χ1) is 7.27. The van der Waals surface area contributed by atoms with Crippen LogP contribution < -0.4 is 0 Å². The summed E-state index contributed by atoms with van der Waals surface area (Å²) in [6.45, 7) is 0. The number of rotatable bonds is 2.